The van der Waals surface area contributed by atoms with Crippen LogP contribution in [0.3, 0.4) is 0 Å². The van der Waals surface area contributed by atoms with Crippen LogP contribution < -0.4 is 4.90 Å². The second kappa shape index (κ2) is 11.1. The summed E-state index contributed by atoms with van der Waals surface area (Å²) in [6, 6.07) is 0. The molecule has 0 amide bonds. The van der Waals surface area contributed by atoms with Gasteiger partial charge in [0.25, 0.3) is 0 Å². The lowest BCUT2D eigenvalue weighted by molar-refractivity contribution is -0.905. The maximum atomic E-state index is 12.5. The van der Waals surface area contributed by atoms with Gasteiger partial charge in [-0.2, -0.15) is 0 Å². The quantitative estimate of drug-likeness (QED) is 0.388. The van der Waals surface area contributed by atoms with Crippen molar-refractivity contribution in [3.8, 4) is 0 Å². The average Bonchev–Trinajstić information content (AvgIpc) is 3.23. The summed E-state index contributed by atoms with van der Waals surface area (Å²) >= 11 is 0. The van der Waals surface area contributed by atoms with E-state index in [9.17, 15) is 20.1 Å². The molecule has 1 heterocycles. The molecule has 4 aliphatic carbocycles. The second-order valence-corrected chi connectivity index (χ2v) is 14.3. The lowest BCUT2D eigenvalue weighted by atomic mass is 9.43. The Hall–Kier alpha value is -0.690. The van der Waals surface area contributed by atoms with Crippen molar-refractivity contribution in [2.45, 2.75) is 116 Å². The molecular weight excluding hydrogens is 466 g/mol. The largest absolute Gasteiger partial charge is 0.460 e. The molecule has 4 saturated carbocycles. The van der Waals surface area contributed by atoms with Crippen molar-refractivity contribution in [1.29, 1.82) is 0 Å². The highest BCUT2D eigenvalue weighted by atomic mass is 16.5. The van der Waals surface area contributed by atoms with Crippen molar-refractivity contribution in [2.75, 3.05) is 26.2 Å². The molecular formula is C31H54NO5+. The van der Waals surface area contributed by atoms with Crippen molar-refractivity contribution in [2.24, 2.45) is 46.3 Å². The van der Waals surface area contributed by atoms with Crippen LogP contribution in [0.15, 0.2) is 0 Å². The van der Waals surface area contributed by atoms with Gasteiger partial charge in [-0.15, -0.1) is 0 Å². The number of ether oxygens (including phenoxy) is 1. The fourth-order valence-electron chi connectivity index (χ4n) is 10.4. The van der Waals surface area contributed by atoms with Gasteiger partial charge in [0.15, 0.2) is 0 Å². The molecule has 1 aliphatic heterocycles. The van der Waals surface area contributed by atoms with E-state index in [0.29, 0.717) is 42.6 Å². The van der Waals surface area contributed by atoms with Crippen molar-refractivity contribution in [1.82, 2.24) is 0 Å². The molecule has 6 heteroatoms. The Bertz CT molecular complexity index is 800. The van der Waals surface area contributed by atoms with Gasteiger partial charge >= 0.3 is 5.97 Å². The van der Waals surface area contributed by atoms with Crippen molar-refractivity contribution < 1.29 is 29.8 Å². The zero-order valence-electron chi connectivity index (χ0n) is 23.7. The zero-order chi connectivity index (χ0) is 26.4. The molecule has 1 saturated heterocycles. The van der Waals surface area contributed by atoms with Crippen LogP contribution >= 0.6 is 0 Å². The third kappa shape index (κ3) is 5.14. The van der Waals surface area contributed by atoms with Gasteiger partial charge in [0, 0.05) is 6.42 Å². The van der Waals surface area contributed by atoms with Crippen LogP contribution in [0.4, 0.5) is 0 Å². The highest BCUT2D eigenvalue weighted by Crippen LogP contribution is 2.68. The first kappa shape index (κ1) is 27.9. The molecule has 0 aromatic carbocycles. The van der Waals surface area contributed by atoms with Gasteiger partial charge in [-0.05, 0) is 117 Å². The van der Waals surface area contributed by atoms with E-state index in [0.717, 1.165) is 57.9 Å². The summed E-state index contributed by atoms with van der Waals surface area (Å²) in [4.78, 5) is 14.1. The lowest BCUT2D eigenvalue weighted by Gasteiger charge is -2.63. The smallest absolute Gasteiger partial charge is 0.306 e. The standard InChI is InChI=1S/C31H53NO5/c1-20(7-10-28(36)37-16-15-32-13-5-4-6-14-32)23-8-9-24-29-25(19-27(35)31(23,24)3)30(2)12-11-22(33)17-21(30)18-26(29)34/h20-27,29,33-35H,4-19H2,1-3H3/p+1/t20?,21-,22?,23+,24-,25-,26?,27?,29-,30-,31+/m0/s1. The van der Waals surface area contributed by atoms with Crippen molar-refractivity contribution in [3.05, 3.63) is 0 Å². The fourth-order valence-corrected chi connectivity index (χ4v) is 10.4. The van der Waals surface area contributed by atoms with Gasteiger partial charge in [-0.25, -0.2) is 0 Å². The van der Waals surface area contributed by atoms with Gasteiger partial charge in [-0.1, -0.05) is 20.8 Å². The summed E-state index contributed by atoms with van der Waals surface area (Å²) in [5.74, 6) is 1.88. The first-order valence-corrected chi connectivity index (χ1v) is 15.7. The van der Waals surface area contributed by atoms with Crippen LogP contribution in [0, 0.1) is 46.3 Å². The van der Waals surface area contributed by atoms with Crippen LogP contribution in [0.5, 0.6) is 0 Å². The van der Waals surface area contributed by atoms with E-state index in [4.69, 9.17) is 4.74 Å². The summed E-state index contributed by atoms with van der Waals surface area (Å²) < 4.78 is 5.60. The van der Waals surface area contributed by atoms with Gasteiger partial charge in [-0.3, -0.25) is 4.79 Å². The van der Waals surface area contributed by atoms with Gasteiger partial charge in [0.1, 0.15) is 13.2 Å². The number of aliphatic hydroxyl groups is 3. The number of carbonyl (C=O) groups is 1. The van der Waals surface area contributed by atoms with Crippen molar-refractivity contribution in [3.63, 3.8) is 0 Å². The van der Waals surface area contributed by atoms with Gasteiger partial charge in [0.05, 0.1) is 31.4 Å². The molecule has 6 nitrogen and oxygen atoms in total. The number of fused-ring (bicyclic) bond motifs is 5. The molecule has 0 aromatic rings. The normalized spacial score (nSPS) is 47.0. The molecule has 4 unspecified atom stereocenters. The molecule has 5 rings (SSSR count). The minimum atomic E-state index is -0.372. The number of aliphatic hydroxyl groups excluding tert-OH is 3. The van der Waals surface area contributed by atoms with Crippen LogP contribution in [0.25, 0.3) is 0 Å². The Kier molecular flexibility index (Phi) is 8.33. The Morgan fingerprint density at radius 1 is 1.00 bits per heavy atom. The van der Waals surface area contributed by atoms with E-state index in [2.05, 4.69) is 20.8 Å². The molecule has 5 fully saturated rings. The number of piperidine rings is 1. The Morgan fingerprint density at radius 3 is 2.51 bits per heavy atom. The van der Waals surface area contributed by atoms with Gasteiger partial charge in [0.2, 0.25) is 0 Å². The second-order valence-electron chi connectivity index (χ2n) is 14.3. The fraction of sp³-hybridized carbons (Fsp3) is 0.968. The number of rotatable bonds is 7. The van der Waals surface area contributed by atoms with E-state index in [-0.39, 0.29) is 41.0 Å². The third-order valence-corrected chi connectivity index (χ3v) is 12.6. The Morgan fingerprint density at radius 2 is 1.76 bits per heavy atom. The maximum absolute atomic E-state index is 12.5. The summed E-state index contributed by atoms with van der Waals surface area (Å²) in [5, 5.41) is 33.5. The predicted octanol–water partition coefficient (Wildman–Crippen LogP) is 2.98. The monoisotopic (exact) mass is 520 g/mol. The molecule has 0 aromatic heterocycles. The molecule has 0 spiro atoms. The number of esters is 1. The first-order valence-electron chi connectivity index (χ1n) is 15.7. The average molecular weight is 521 g/mol. The molecule has 212 valence electrons. The zero-order valence-corrected chi connectivity index (χ0v) is 23.7. The first-order chi connectivity index (χ1) is 17.6. The van der Waals surface area contributed by atoms with Crippen LogP contribution in [0.1, 0.15) is 97.8 Å². The number of hydrogen-bond donors (Lipinski definition) is 4. The highest BCUT2D eigenvalue weighted by Gasteiger charge is 2.65. The van der Waals surface area contributed by atoms with E-state index < -0.39 is 0 Å². The molecule has 37 heavy (non-hydrogen) atoms. The van der Waals surface area contributed by atoms with Crippen LogP contribution in [0.2, 0.25) is 0 Å². The Balaban J connectivity index is 1.19. The number of quaternary nitrogens is 1. The van der Waals surface area contributed by atoms with E-state index in [1.165, 1.54) is 32.4 Å². The third-order valence-electron chi connectivity index (χ3n) is 12.6. The van der Waals surface area contributed by atoms with E-state index in [1.54, 1.807) is 4.90 Å². The predicted molar refractivity (Wildman–Crippen MR) is 143 cm³/mol. The van der Waals surface area contributed by atoms with Crippen LogP contribution in [-0.4, -0.2) is 65.8 Å². The number of carbonyl (C=O) groups excluding carboxylic acids is 1. The number of likely N-dealkylation sites (tertiary alicyclic amines) is 1. The number of nitrogens with one attached hydrogen (secondary N) is 1. The molecule has 11 atom stereocenters. The van der Waals surface area contributed by atoms with E-state index in [1.807, 2.05) is 0 Å². The summed E-state index contributed by atoms with van der Waals surface area (Å²) in [7, 11) is 0. The maximum Gasteiger partial charge on any atom is 0.306 e. The van der Waals surface area contributed by atoms with Gasteiger partial charge < -0.3 is 25.0 Å². The van der Waals surface area contributed by atoms with E-state index >= 15 is 0 Å². The summed E-state index contributed by atoms with van der Waals surface area (Å²) in [5.41, 5.74) is -0.102. The minimum absolute atomic E-state index is 0.0756. The minimum Gasteiger partial charge on any atom is -0.460 e. The summed E-state index contributed by atoms with van der Waals surface area (Å²) in [6.45, 7) is 10.8. The SMILES string of the molecule is CC(CCC(=O)OCC[NH+]1CCCCC1)[C@H]1CC[C@H]2[C@@H]3C(O)C[C@@H]4CC(O)CC[C@]4(C)[C@H]3CC(O)[C@]12C. The number of hydrogen-bond acceptors (Lipinski definition) is 5. The van der Waals surface area contributed by atoms with Crippen molar-refractivity contribution >= 4 is 5.97 Å². The molecule has 0 radical (unpaired) electrons. The highest BCUT2D eigenvalue weighted by molar-refractivity contribution is 5.69. The summed E-state index contributed by atoms with van der Waals surface area (Å²) in [6.07, 6.45) is 10.6. The Labute approximate surface area is 224 Å². The molecule has 0 bridgehead atoms. The topological polar surface area (TPSA) is 91.4 Å². The van der Waals surface area contributed by atoms with Crippen LogP contribution in [-0.2, 0) is 9.53 Å². The molecule has 5 aliphatic rings. The molecule has 4 N–H and O–H groups in total. The lowest BCUT2D eigenvalue weighted by Crippen LogP contribution is -3.13.